The van der Waals surface area contributed by atoms with Crippen molar-refractivity contribution in [1.29, 1.82) is 0 Å². The Kier molecular flexibility index (Phi) is 6.74. The number of carbonyl (C=O) groups is 1. The summed E-state index contributed by atoms with van der Waals surface area (Å²) in [7, 11) is 0. The van der Waals surface area contributed by atoms with E-state index in [-0.39, 0.29) is 12.0 Å². The minimum atomic E-state index is 0.0211. The number of hydrogen-bond donors (Lipinski definition) is 0. The van der Waals surface area contributed by atoms with E-state index in [2.05, 4.69) is 39.1 Å². The number of ether oxygens (including phenoxy) is 1. The molecule has 1 amide bonds. The number of aromatic nitrogens is 2. The van der Waals surface area contributed by atoms with E-state index in [1.54, 1.807) is 0 Å². The van der Waals surface area contributed by atoms with Crippen LogP contribution in [-0.2, 0) is 17.6 Å². The molecule has 0 radical (unpaired) electrons. The first-order valence-electron chi connectivity index (χ1n) is 12.6. The SMILES string of the molecule is Cc1cc(C(=O)N(CC2CCN(C3Cc4ccccc4C3)CC2)CC2CCCO2)nc(C)n1. The normalized spacial score (nSPS) is 21.9. The number of piperidine rings is 1. The van der Waals surface area contributed by atoms with Crippen LogP contribution >= 0.6 is 0 Å². The van der Waals surface area contributed by atoms with Crippen LogP contribution in [0.4, 0.5) is 0 Å². The predicted molar refractivity (Wildman–Crippen MR) is 128 cm³/mol. The van der Waals surface area contributed by atoms with Gasteiger partial charge in [-0.15, -0.1) is 0 Å². The number of hydrogen-bond acceptors (Lipinski definition) is 5. The Hall–Kier alpha value is -2.31. The van der Waals surface area contributed by atoms with Gasteiger partial charge in [0, 0.05) is 31.4 Å². The average molecular weight is 449 g/mol. The number of benzene rings is 1. The summed E-state index contributed by atoms with van der Waals surface area (Å²) in [6.45, 7) is 8.28. The Balaban J connectivity index is 1.21. The van der Waals surface area contributed by atoms with Crippen molar-refractivity contribution in [2.45, 2.75) is 64.5 Å². The van der Waals surface area contributed by atoms with Crippen molar-refractivity contribution >= 4 is 5.91 Å². The molecule has 1 aromatic heterocycles. The van der Waals surface area contributed by atoms with E-state index in [0.29, 0.717) is 30.0 Å². The molecule has 1 atom stereocenters. The molecule has 3 aliphatic rings. The Bertz CT molecular complexity index is 935. The molecular formula is C27H36N4O2. The van der Waals surface area contributed by atoms with Gasteiger partial charge in [-0.05, 0) is 88.6 Å². The Labute approximate surface area is 197 Å². The zero-order valence-electron chi connectivity index (χ0n) is 20.0. The molecular weight excluding hydrogens is 412 g/mol. The molecule has 1 aromatic carbocycles. The van der Waals surface area contributed by atoms with Crippen molar-refractivity contribution in [2.24, 2.45) is 5.92 Å². The van der Waals surface area contributed by atoms with E-state index in [1.807, 2.05) is 24.8 Å². The third kappa shape index (κ3) is 5.28. The third-order valence-electron chi connectivity index (χ3n) is 7.59. The summed E-state index contributed by atoms with van der Waals surface area (Å²) in [4.78, 5) is 27.0. The summed E-state index contributed by atoms with van der Waals surface area (Å²) >= 11 is 0. The van der Waals surface area contributed by atoms with Crippen molar-refractivity contribution in [1.82, 2.24) is 19.8 Å². The lowest BCUT2D eigenvalue weighted by Gasteiger charge is -2.38. The van der Waals surface area contributed by atoms with Crippen molar-refractivity contribution < 1.29 is 9.53 Å². The van der Waals surface area contributed by atoms with Crippen LogP contribution in [0.5, 0.6) is 0 Å². The first-order valence-corrected chi connectivity index (χ1v) is 12.6. The van der Waals surface area contributed by atoms with Crippen LogP contribution in [0.3, 0.4) is 0 Å². The van der Waals surface area contributed by atoms with Gasteiger partial charge in [-0.3, -0.25) is 9.69 Å². The second-order valence-electron chi connectivity index (χ2n) is 10.1. The van der Waals surface area contributed by atoms with Gasteiger partial charge in [-0.2, -0.15) is 0 Å². The van der Waals surface area contributed by atoms with Crippen LogP contribution < -0.4 is 0 Å². The number of carbonyl (C=O) groups excluding carboxylic acids is 1. The van der Waals surface area contributed by atoms with Crippen molar-refractivity contribution in [3.05, 3.63) is 58.7 Å². The number of fused-ring (bicyclic) bond motifs is 1. The predicted octanol–water partition coefficient (Wildman–Crippen LogP) is 3.59. The van der Waals surface area contributed by atoms with E-state index in [0.717, 1.165) is 57.6 Å². The third-order valence-corrected chi connectivity index (χ3v) is 7.59. The monoisotopic (exact) mass is 448 g/mol. The van der Waals surface area contributed by atoms with E-state index >= 15 is 0 Å². The smallest absolute Gasteiger partial charge is 0.272 e. The van der Waals surface area contributed by atoms with E-state index in [9.17, 15) is 4.79 Å². The van der Waals surface area contributed by atoms with Crippen molar-refractivity contribution in [3.8, 4) is 0 Å². The molecule has 3 heterocycles. The Morgan fingerprint density at radius 1 is 1.06 bits per heavy atom. The fourth-order valence-corrected chi connectivity index (χ4v) is 5.87. The molecule has 1 unspecified atom stereocenters. The summed E-state index contributed by atoms with van der Waals surface area (Å²) in [5.41, 5.74) is 4.40. The van der Waals surface area contributed by atoms with E-state index < -0.39 is 0 Å². The first-order chi connectivity index (χ1) is 16.0. The lowest BCUT2D eigenvalue weighted by Crippen LogP contribution is -2.46. The van der Waals surface area contributed by atoms with Crippen LogP contribution in [0.2, 0.25) is 0 Å². The molecule has 2 saturated heterocycles. The topological polar surface area (TPSA) is 58.6 Å². The van der Waals surface area contributed by atoms with Crippen LogP contribution in [0.25, 0.3) is 0 Å². The number of likely N-dealkylation sites (tertiary alicyclic amines) is 1. The van der Waals surface area contributed by atoms with Crippen LogP contribution in [0.1, 0.15) is 58.8 Å². The first kappa shape index (κ1) is 22.5. The zero-order valence-corrected chi connectivity index (χ0v) is 20.0. The molecule has 0 spiro atoms. The Morgan fingerprint density at radius 3 is 2.42 bits per heavy atom. The molecule has 6 nitrogen and oxygen atoms in total. The molecule has 1 aliphatic carbocycles. The van der Waals surface area contributed by atoms with Crippen molar-refractivity contribution in [2.75, 3.05) is 32.8 Å². The second-order valence-corrected chi connectivity index (χ2v) is 10.1. The number of nitrogens with zero attached hydrogens (tertiary/aromatic N) is 4. The second kappa shape index (κ2) is 9.90. The van der Waals surface area contributed by atoms with Crippen LogP contribution in [0, 0.1) is 19.8 Å². The van der Waals surface area contributed by atoms with Gasteiger partial charge in [0.25, 0.3) is 5.91 Å². The Morgan fingerprint density at radius 2 is 1.79 bits per heavy atom. The molecule has 5 rings (SSSR count). The zero-order chi connectivity index (χ0) is 22.8. The summed E-state index contributed by atoms with van der Waals surface area (Å²) in [5.74, 6) is 1.20. The molecule has 2 aromatic rings. The molecule has 0 saturated carbocycles. The number of amides is 1. The van der Waals surface area contributed by atoms with Gasteiger partial charge >= 0.3 is 0 Å². The summed E-state index contributed by atoms with van der Waals surface area (Å²) in [6, 6.07) is 11.3. The maximum absolute atomic E-state index is 13.5. The van der Waals surface area contributed by atoms with Gasteiger partial charge in [0.1, 0.15) is 11.5 Å². The molecule has 0 bridgehead atoms. The van der Waals surface area contributed by atoms with Gasteiger partial charge in [0.15, 0.2) is 0 Å². The average Bonchev–Trinajstić information content (AvgIpc) is 3.48. The number of rotatable bonds is 6. The van der Waals surface area contributed by atoms with Gasteiger partial charge in [0.2, 0.25) is 0 Å². The molecule has 2 aliphatic heterocycles. The largest absolute Gasteiger partial charge is 0.376 e. The highest BCUT2D eigenvalue weighted by Gasteiger charge is 2.32. The summed E-state index contributed by atoms with van der Waals surface area (Å²) in [5, 5.41) is 0. The fraction of sp³-hybridized carbons (Fsp3) is 0.593. The minimum Gasteiger partial charge on any atom is -0.376 e. The molecule has 6 heteroatoms. The quantitative estimate of drug-likeness (QED) is 0.676. The lowest BCUT2D eigenvalue weighted by molar-refractivity contribution is 0.0425. The fourth-order valence-electron chi connectivity index (χ4n) is 5.87. The molecule has 0 N–H and O–H groups in total. The van der Waals surface area contributed by atoms with Gasteiger partial charge in [-0.1, -0.05) is 24.3 Å². The van der Waals surface area contributed by atoms with Gasteiger partial charge < -0.3 is 9.64 Å². The maximum atomic E-state index is 13.5. The standard InChI is InChI=1S/C27H36N4O2/c1-19-14-26(29-20(2)28-19)27(32)31(18-25-8-5-13-33-25)17-21-9-11-30(12-10-21)24-15-22-6-3-4-7-23(22)16-24/h3-4,6-7,14,21,24-25H,5,8-13,15-18H2,1-2H3. The highest BCUT2D eigenvalue weighted by Crippen LogP contribution is 2.29. The molecule has 33 heavy (non-hydrogen) atoms. The maximum Gasteiger partial charge on any atom is 0.272 e. The minimum absolute atomic E-state index is 0.0211. The van der Waals surface area contributed by atoms with Gasteiger partial charge in [0.05, 0.1) is 6.10 Å². The van der Waals surface area contributed by atoms with Crippen molar-refractivity contribution in [3.63, 3.8) is 0 Å². The highest BCUT2D eigenvalue weighted by molar-refractivity contribution is 5.92. The molecule has 2 fully saturated rings. The van der Waals surface area contributed by atoms with E-state index in [4.69, 9.17) is 4.74 Å². The van der Waals surface area contributed by atoms with Crippen LogP contribution in [0.15, 0.2) is 30.3 Å². The number of aryl methyl sites for hydroxylation is 2. The van der Waals surface area contributed by atoms with E-state index in [1.165, 1.54) is 24.0 Å². The van der Waals surface area contributed by atoms with Gasteiger partial charge in [-0.25, -0.2) is 9.97 Å². The molecule has 176 valence electrons. The van der Waals surface area contributed by atoms with Crippen LogP contribution in [-0.4, -0.2) is 70.6 Å². The lowest BCUT2D eigenvalue weighted by atomic mass is 9.94. The highest BCUT2D eigenvalue weighted by atomic mass is 16.5. The summed E-state index contributed by atoms with van der Waals surface area (Å²) < 4.78 is 5.89. The summed E-state index contributed by atoms with van der Waals surface area (Å²) in [6.07, 6.45) is 6.91.